The average molecular weight is 543 g/mol. The van der Waals surface area contributed by atoms with E-state index in [1.165, 1.54) is 80.3 Å². The molecular weight excluding hydrogens is 508 g/mol. The number of hydrogen-bond donors (Lipinski definition) is 0. The Morgan fingerprint density at radius 1 is 0.769 bits per heavy atom. The molecule has 1 heterocycles. The largest absolute Gasteiger partial charge is 0.486 e. The summed E-state index contributed by atoms with van der Waals surface area (Å²) in [7, 11) is 0. The van der Waals surface area contributed by atoms with Gasteiger partial charge in [-0.25, -0.2) is 13.2 Å². The van der Waals surface area contributed by atoms with Gasteiger partial charge in [0.2, 0.25) is 5.82 Å². The van der Waals surface area contributed by atoms with E-state index in [9.17, 15) is 8.78 Å². The van der Waals surface area contributed by atoms with Crippen molar-refractivity contribution in [2.24, 2.45) is 5.92 Å². The third-order valence-electron chi connectivity index (χ3n) is 6.96. The molecule has 4 rings (SSSR count). The van der Waals surface area contributed by atoms with E-state index < -0.39 is 29.6 Å². The predicted molar refractivity (Wildman–Crippen MR) is 144 cm³/mol. The third kappa shape index (κ3) is 6.89. The van der Waals surface area contributed by atoms with Crippen LogP contribution in [-0.2, 0) is 9.47 Å². The lowest BCUT2D eigenvalue weighted by Gasteiger charge is -2.30. The van der Waals surface area contributed by atoms with Crippen LogP contribution < -0.4 is 4.74 Å². The van der Waals surface area contributed by atoms with Crippen LogP contribution in [0.2, 0.25) is 0 Å². The monoisotopic (exact) mass is 542 g/mol. The summed E-state index contributed by atoms with van der Waals surface area (Å²) in [4.78, 5) is 0. The van der Waals surface area contributed by atoms with E-state index >= 15 is 8.78 Å². The predicted octanol–water partition coefficient (Wildman–Crippen LogP) is 9.16. The van der Waals surface area contributed by atoms with Gasteiger partial charge in [0, 0.05) is 22.6 Å². The molecule has 0 N–H and O–H groups in total. The Morgan fingerprint density at radius 2 is 1.36 bits per heavy atom. The zero-order valence-corrected chi connectivity index (χ0v) is 22.2. The number of hydrogen-bond acceptors (Lipinski definition) is 3. The molecule has 0 amide bonds. The molecule has 0 unspecified atom stereocenters. The molecule has 0 spiro atoms. The minimum Gasteiger partial charge on any atom is -0.486 e. The van der Waals surface area contributed by atoms with E-state index in [0.29, 0.717) is 24.3 Å². The molecule has 0 aliphatic carbocycles. The first kappa shape index (κ1) is 28.8. The summed E-state index contributed by atoms with van der Waals surface area (Å²) in [6.07, 6.45) is 7.42. The molecule has 3 aromatic rings. The van der Waals surface area contributed by atoms with E-state index in [1.807, 2.05) is 0 Å². The summed E-state index contributed by atoms with van der Waals surface area (Å²) in [5.41, 5.74) is 0.862. The van der Waals surface area contributed by atoms with Crippen molar-refractivity contribution < 1.29 is 31.8 Å². The topological polar surface area (TPSA) is 27.7 Å². The van der Waals surface area contributed by atoms with Gasteiger partial charge in [0.25, 0.3) is 0 Å². The summed E-state index contributed by atoms with van der Waals surface area (Å²) in [6.45, 7) is 6.60. The van der Waals surface area contributed by atoms with Crippen LogP contribution in [0.3, 0.4) is 0 Å². The Labute approximate surface area is 227 Å². The number of ether oxygens (including phenoxy) is 3. The molecule has 0 aromatic heterocycles. The lowest BCUT2D eigenvalue weighted by molar-refractivity contribution is -0.207. The number of halogens is 4. The minimum absolute atomic E-state index is 0.0191. The molecule has 0 bridgehead atoms. The van der Waals surface area contributed by atoms with E-state index in [4.69, 9.17) is 14.2 Å². The minimum atomic E-state index is -1.10. The molecule has 1 aliphatic heterocycles. The van der Waals surface area contributed by atoms with Crippen molar-refractivity contribution in [3.05, 3.63) is 90.0 Å². The van der Waals surface area contributed by atoms with Crippen LogP contribution in [0.4, 0.5) is 17.6 Å². The van der Waals surface area contributed by atoms with Crippen LogP contribution in [0.15, 0.2) is 61.2 Å². The second-order valence-electron chi connectivity index (χ2n) is 9.81. The molecule has 208 valence electrons. The molecule has 3 nitrogen and oxygen atoms in total. The molecule has 0 radical (unpaired) electrons. The van der Waals surface area contributed by atoms with E-state index in [1.54, 1.807) is 0 Å². The Kier molecular flexibility index (Phi) is 10.2. The SMILES string of the molecule is C=CCOc1ccc(-c2ccc(-c3ccc(C4OCC(CCCCCCC)CO4)c(F)c3F)cc2)c(F)c1F. The van der Waals surface area contributed by atoms with Gasteiger partial charge in [-0.05, 0) is 29.7 Å². The van der Waals surface area contributed by atoms with E-state index in [2.05, 4.69) is 13.5 Å². The smallest absolute Gasteiger partial charge is 0.201 e. The Hall–Kier alpha value is -3.16. The lowest BCUT2D eigenvalue weighted by Crippen LogP contribution is -2.27. The molecule has 0 atom stereocenters. The maximum Gasteiger partial charge on any atom is 0.201 e. The lowest BCUT2D eigenvalue weighted by atomic mass is 9.98. The number of unbranched alkanes of at least 4 members (excludes halogenated alkanes) is 4. The van der Waals surface area contributed by atoms with Crippen molar-refractivity contribution in [2.75, 3.05) is 19.8 Å². The summed E-state index contributed by atoms with van der Waals surface area (Å²) in [5.74, 6) is -4.17. The highest BCUT2D eigenvalue weighted by molar-refractivity contribution is 5.71. The second-order valence-corrected chi connectivity index (χ2v) is 9.81. The number of benzene rings is 3. The first-order chi connectivity index (χ1) is 18.9. The summed E-state index contributed by atoms with van der Waals surface area (Å²) in [6, 6.07) is 11.8. The van der Waals surface area contributed by atoms with Crippen molar-refractivity contribution in [2.45, 2.75) is 51.7 Å². The Bertz CT molecular complexity index is 1250. The van der Waals surface area contributed by atoms with Crippen molar-refractivity contribution in [1.82, 2.24) is 0 Å². The maximum atomic E-state index is 15.1. The van der Waals surface area contributed by atoms with Crippen molar-refractivity contribution >= 4 is 0 Å². The van der Waals surface area contributed by atoms with Crippen molar-refractivity contribution in [3.63, 3.8) is 0 Å². The van der Waals surface area contributed by atoms with Crippen LogP contribution >= 0.6 is 0 Å². The molecular formula is C32H34F4O3. The quantitative estimate of drug-likeness (QED) is 0.130. The van der Waals surface area contributed by atoms with Gasteiger partial charge in [-0.15, -0.1) is 0 Å². The van der Waals surface area contributed by atoms with E-state index in [0.717, 1.165) is 12.8 Å². The molecule has 1 saturated heterocycles. The zero-order chi connectivity index (χ0) is 27.8. The summed E-state index contributed by atoms with van der Waals surface area (Å²) >= 11 is 0. The first-order valence-corrected chi connectivity index (χ1v) is 13.5. The highest BCUT2D eigenvalue weighted by atomic mass is 19.2. The Balaban J connectivity index is 1.42. The van der Waals surface area contributed by atoms with Gasteiger partial charge in [-0.3, -0.25) is 0 Å². The summed E-state index contributed by atoms with van der Waals surface area (Å²) < 4.78 is 75.8. The highest BCUT2D eigenvalue weighted by Gasteiger charge is 2.28. The van der Waals surface area contributed by atoms with Crippen LogP contribution in [-0.4, -0.2) is 19.8 Å². The second kappa shape index (κ2) is 13.8. The first-order valence-electron chi connectivity index (χ1n) is 13.5. The fourth-order valence-electron chi connectivity index (χ4n) is 4.74. The zero-order valence-electron chi connectivity index (χ0n) is 22.2. The third-order valence-corrected chi connectivity index (χ3v) is 6.96. The number of rotatable bonds is 12. The van der Waals surface area contributed by atoms with Crippen LogP contribution in [0.25, 0.3) is 22.3 Å². The molecule has 3 aromatic carbocycles. The molecule has 1 aliphatic rings. The van der Waals surface area contributed by atoms with Crippen LogP contribution in [0, 0.1) is 29.2 Å². The molecule has 0 saturated carbocycles. The fraction of sp³-hybridized carbons (Fsp3) is 0.375. The standard InChI is InChI=1S/C32H34F4O3/c1-3-5-6-7-8-9-21-19-38-32(39-20-21)26-15-14-24(28(33)30(26)35)22-10-12-23(13-11-22)25-16-17-27(37-18-4-2)31(36)29(25)34/h4,10-17,21,32H,2-3,5-9,18-20H2,1H3. The van der Waals surface area contributed by atoms with Crippen LogP contribution in [0.5, 0.6) is 5.75 Å². The highest BCUT2D eigenvalue weighted by Crippen LogP contribution is 2.35. The van der Waals surface area contributed by atoms with Crippen LogP contribution in [0.1, 0.15) is 57.3 Å². The molecule has 39 heavy (non-hydrogen) atoms. The van der Waals surface area contributed by atoms with Crippen molar-refractivity contribution in [1.29, 1.82) is 0 Å². The van der Waals surface area contributed by atoms with Gasteiger partial charge in [0.1, 0.15) is 6.61 Å². The van der Waals surface area contributed by atoms with Gasteiger partial charge in [0.05, 0.1) is 13.2 Å². The maximum absolute atomic E-state index is 15.1. The van der Waals surface area contributed by atoms with Gasteiger partial charge in [0.15, 0.2) is 29.5 Å². The Morgan fingerprint density at radius 3 is 1.97 bits per heavy atom. The summed E-state index contributed by atoms with van der Waals surface area (Å²) in [5, 5.41) is 0. The van der Waals surface area contributed by atoms with E-state index in [-0.39, 0.29) is 35.0 Å². The molecule has 1 fully saturated rings. The van der Waals surface area contributed by atoms with Gasteiger partial charge in [-0.1, -0.05) is 88.1 Å². The average Bonchev–Trinajstić information content (AvgIpc) is 2.96. The fourth-order valence-corrected chi connectivity index (χ4v) is 4.74. The van der Waals surface area contributed by atoms with Gasteiger partial charge in [-0.2, -0.15) is 4.39 Å². The van der Waals surface area contributed by atoms with Gasteiger partial charge >= 0.3 is 0 Å². The normalized spacial score (nSPS) is 17.3. The van der Waals surface area contributed by atoms with Crippen molar-refractivity contribution in [3.8, 4) is 28.0 Å². The molecule has 7 heteroatoms. The van der Waals surface area contributed by atoms with Gasteiger partial charge < -0.3 is 14.2 Å².